The highest BCUT2D eigenvalue weighted by molar-refractivity contribution is 6.34. The highest BCUT2D eigenvalue weighted by atomic mass is 35.5. The van der Waals surface area contributed by atoms with E-state index >= 15 is 0 Å². The summed E-state index contributed by atoms with van der Waals surface area (Å²) in [6.45, 7) is 0. The SMILES string of the molecule is O=c1cc(Oc2cc(Cl)cc(Cl)c2)c2ccccc2o1. The third-order valence-electron chi connectivity index (χ3n) is 2.68. The van der Waals surface area contributed by atoms with Crippen LogP contribution in [0.1, 0.15) is 0 Å². The molecule has 0 aliphatic carbocycles. The quantitative estimate of drug-likeness (QED) is 0.633. The molecule has 20 heavy (non-hydrogen) atoms. The highest BCUT2D eigenvalue weighted by Gasteiger charge is 2.08. The number of rotatable bonds is 2. The van der Waals surface area contributed by atoms with E-state index < -0.39 is 5.63 Å². The summed E-state index contributed by atoms with van der Waals surface area (Å²) >= 11 is 11.8. The highest BCUT2D eigenvalue weighted by Crippen LogP contribution is 2.31. The minimum Gasteiger partial charge on any atom is -0.456 e. The maximum absolute atomic E-state index is 11.5. The van der Waals surface area contributed by atoms with E-state index in [2.05, 4.69) is 0 Å². The maximum atomic E-state index is 11.5. The molecule has 0 saturated heterocycles. The lowest BCUT2D eigenvalue weighted by Gasteiger charge is -2.08. The Balaban J connectivity index is 2.12. The number of hydrogen-bond acceptors (Lipinski definition) is 3. The smallest absolute Gasteiger partial charge is 0.339 e. The Labute approximate surface area is 124 Å². The molecule has 0 aliphatic heterocycles. The second kappa shape index (κ2) is 5.19. The van der Waals surface area contributed by atoms with Crippen LogP contribution in [-0.2, 0) is 0 Å². The Morgan fingerprint density at radius 3 is 2.40 bits per heavy atom. The van der Waals surface area contributed by atoms with Gasteiger partial charge in [-0.05, 0) is 30.3 Å². The second-order valence-electron chi connectivity index (χ2n) is 4.13. The van der Waals surface area contributed by atoms with Gasteiger partial charge in [-0.1, -0.05) is 35.3 Å². The average molecular weight is 307 g/mol. The second-order valence-corrected chi connectivity index (χ2v) is 5.01. The van der Waals surface area contributed by atoms with E-state index in [0.717, 1.165) is 0 Å². The molecule has 0 N–H and O–H groups in total. The topological polar surface area (TPSA) is 39.4 Å². The van der Waals surface area contributed by atoms with Gasteiger partial charge < -0.3 is 9.15 Å². The van der Waals surface area contributed by atoms with Gasteiger partial charge in [-0.3, -0.25) is 0 Å². The van der Waals surface area contributed by atoms with E-state index in [9.17, 15) is 4.79 Å². The number of halogens is 2. The van der Waals surface area contributed by atoms with Crippen molar-refractivity contribution in [1.29, 1.82) is 0 Å². The van der Waals surface area contributed by atoms with Crippen molar-refractivity contribution in [2.75, 3.05) is 0 Å². The summed E-state index contributed by atoms with van der Waals surface area (Å²) in [5.74, 6) is 0.855. The third-order valence-corrected chi connectivity index (χ3v) is 3.11. The fraction of sp³-hybridized carbons (Fsp3) is 0. The standard InChI is InChI=1S/C15H8Cl2O3/c16-9-5-10(17)7-11(6-9)19-14-8-15(18)20-13-4-2-1-3-12(13)14/h1-8H. The molecule has 0 bridgehead atoms. The lowest BCUT2D eigenvalue weighted by atomic mass is 10.2. The van der Waals surface area contributed by atoms with Gasteiger partial charge in [-0.15, -0.1) is 0 Å². The minimum atomic E-state index is -0.480. The predicted octanol–water partition coefficient (Wildman–Crippen LogP) is 4.89. The molecule has 3 aromatic rings. The summed E-state index contributed by atoms with van der Waals surface area (Å²) < 4.78 is 10.8. The molecule has 0 radical (unpaired) electrons. The van der Waals surface area contributed by atoms with Gasteiger partial charge in [-0.2, -0.15) is 0 Å². The van der Waals surface area contributed by atoms with E-state index in [1.807, 2.05) is 6.07 Å². The van der Waals surface area contributed by atoms with Crippen molar-refractivity contribution in [3.63, 3.8) is 0 Å². The van der Waals surface area contributed by atoms with Crippen LogP contribution in [-0.4, -0.2) is 0 Å². The van der Waals surface area contributed by atoms with Crippen LogP contribution in [0.5, 0.6) is 11.5 Å². The molecule has 0 spiro atoms. The van der Waals surface area contributed by atoms with Crippen molar-refractivity contribution in [1.82, 2.24) is 0 Å². The molecular weight excluding hydrogens is 299 g/mol. The number of fused-ring (bicyclic) bond motifs is 1. The van der Waals surface area contributed by atoms with Gasteiger partial charge in [0.1, 0.15) is 17.1 Å². The lowest BCUT2D eigenvalue weighted by molar-refractivity contribution is 0.475. The van der Waals surface area contributed by atoms with Gasteiger partial charge in [0, 0.05) is 10.0 Å². The fourth-order valence-corrected chi connectivity index (χ4v) is 2.39. The summed E-state index contributed by atoms with van der Waals surface area (Å²) in [6, 6.07) is 13.3. The Morgan fingerprint density at radius 2 is 1.65 bits per heavy atom. The molecule has 100 valence electrons. The lowest BCUT2D eigenvalue weighted by Crippen LogP contribution is -1.98. The van der Waals surface area contributed by atoms with Crippen molar-refractivity contribution in [2.24, 2.45) is 0 Å². The van der Waals surface area contributed by atoms with E-state index in [0.29, 0.717) is 32.5 Å². The molecule has 0 atom stereocenters. The van der Waals surface area contributed by atoms with Gasteiger partial charge in [0.15, 0.2) is 0 Å². The average Bonchev–Trinajstić information content (AvgIpc) is 2.37. The van der Waals surface area contributed by atoms with Crippen LogP contribution in [0, 0.1) is 0 Å². The Hall–Kier alpha value is -1.97. The van der Waals surface area contributed by atoms with Crippen LogP contribution < -0.4 is 10.4 Å². The predicted molar refractivity (Wildman–Crippen MR) is 79.0 cm³/mol. The Morgan fingerprint density at radius 1 is 0.950 bits per heavy atom. The maximum Gasteiger partial charge on any atom is 0.339 e. The van der Waals surface area contributed by atoms with Crippen LogP contribution in [0.3, 0.4) is 0 Å². The summed E-state index contributed by atoms with van der Waals surface area (Å²) in [7, 11) is 0. The first kappa shape index (κ1) is 13.0. The molecule has 0 fully saturated rings. The molecule has 1 aromatic heterocycles. The van der Waals surface area contributed by atoms with Crippen LogP contribution >= 0.6 is 23.2 Å². The van der Waals surface area contributed by atoms with E-state index in [-0.39, 0.29) is 0 Å². The molecule has 5 heteroatoms. The first-order valence-electron chi connectivity index (χ1n) is 5.79. The zero-order valence-corrected chi connectivity index (χ0v) is 11.6. The fourth-order valence-electron chi connectivity index (χ4n) is 1.88. The van der Waals surface area contributed by atoms with Crippen molar-refractivity contribution < 1.29 is 9.15 Å². The molecule has 2 aromatic carbocycles. The third kappa shape index (κ3) is 2.64. The number of para-hydroxylation sites is 1. The van der Waals surface area contributed by atoms with Gasteiger partial charge in [-0.25, -0.2) is 4.79 Å². The zero-order chi connectivity index (χ0) is 14.1. The molecule has 3 rings (SSSR count). The molecule has 0 unspecified atom stereocenters. The first-order valence-corrected chi connectivity index (χ1v) is 6.54. The number of ether oxygens (including phenoxy) is 1. The summed E-state index contributed by atoms with van der Waals surface area (Å²) in [5, 5.41) is 1.61. The monoisotopic (exact) mass is 306 g/mol. The van der Waals surface area contributed by atoms with Crippen molar-refractivity contribution in [3.05, 3.63) is 69.0 Å². The molecule has 0 amide bonds. The van der Waals surface area contributed by atoms with Crippen molar-refractivity contribution >= 4 is 34.2 Å². The van der Waals surface area contributed by atoms with Crippen LogP contribution in [0.25, 0.3) is 11.0 Å². The van der Waals surface area contributed by atoms with Crippen molar-refractivity contribution in [2.45, 2.75) is 0 Å². The van der Waals surface area contributed by atoms with Crippen LogP contribution in [0.2, 0.25) is 10.0 Å². The largest absolute Gasteiger partial charge is 0.456 e. The Kier molecular flexibility index (Phi) is 3.38. The molecule has 3 nitrogen and oxygen atoms in total. The summed E-state index contributed by atoms with van der Waals surface area (Å²) in [4.78, 5) is 11.5. The van der Waals surface area contributed by atoms with Crippen molar-refractivity contribution in [3.8, 4) is 11.5 Å². The van der Waals surface area contributed by atoms with Gasteiger partial charge in [0.2, 0.25) is 0 Å². The number of benzene rings is 2. The molecule has 0 saturated carbocycles. The van der Waals surface area contributed by atoms with Crippen LogP contribution in [0.4, 0.5) is 0 Å². The molecule has 1 heterocycles. The summed E-state index contributed by atoms with van der Waals surface area (Å²) in [5.41, 5.74) is -0.0186. The number of hydrogen-bond donors (Lipinski definition) is 0. The first-order chi connectivity index (χ1) is 9.61. The summed E-state index contributed by atoms with van der Waals surface area (Å²) in [6.07, 6.45) is 0. The Bertz CT molecular complexity index is 820. The van der Waals surface area contributed by atoms with Gasteiger partial charge in [0.25, 0.3) is 0 Å². The van der Waals surface area contributed by atoms with E-state index in [1.54, 1.807) is 36.4 Å². The van der Waals surface area contributed by atoms with Gasteiger partial charge >= 0.3 is 5.63 Å². The molecule has 0 aliphatic rings. The van der Waals surface area contributed by atoms with Gasteiger partial charge in [0.05, 0.1) is 11.5 Å². The van der Waals surface area contributed by atoms with E-state index in [1.165, 1.54) is 6.07 Å². The van der Waals surface area contributed by atoms with E-state index in [4.69, 9.17) is 32.4 Å². The normalized spacial score (nSPS) is 10.7. The minimum absolute atomic E-state index is 0.398. The van der Waals surface area contributed by atoms with Crippen LogP contribution in [0.15, 0.2) is 57.7 Å². The molecular formula is C15H8Cl2O3. The zero-order valence-electron chi connectivity index (χ0n) is 10.1.